The second-order valence-corrected chi connectivity index (χ2v) is 6.50. The highest BCUT2D eigenvalue weighted by Gasteiger charge is 2.44. The summed E-state index contributed by atoms with van der Waals surface area (Å²) in [6.07, 6.45) is 0.636. The first-order chi connectivity index (χ1) is 11.5. The van der Waals surface area contributed by atoms with Crippen molar-refractivity contribution in [1.29, 1.82) is 5.26 Å². The molecule has 3 nitrogen and oxygen atoms in total. The topological polar surface area (TPSA) is 52.9 Å². The molecule has 0 heterocycles. The Kier molecular flexibility index (Phi) is 4.75. The number of amides is 1. The van der Waals surface area contributed by atoms with Crippen LogP contribution < -0.4 is 5.32 Å². The molecule has 1 saturated carbocycles. The van der Waals surface area contributed by atoms with Crippen molar-refractivity contribution in [3.05, 3.63) is 69.5 Å². The van der Waals surface area contributed by atoms with Crippen molar-refractivity contribution in [2.45, 2.75) is 18.4 Å². The third-order valence-corrected chi connectivity index (χ3v) is 4.95. The second-order valence-electron chi connectivity index (χ2n) is 5.72. The summed E-state index contributed by atoms with van der Waals surface area (Å²) in [5.41, 5.74) is 1.26. The number of nitrogens with one attached hydrogen (secondary N) is 1. The van der Waals surface area contributed by atoms with E-state index in [1.165, 1.54) is 12.1 Å². The van der Waals surface area contributed by atoms with E-state index in [0.29, 0.717) is 17.0 Å². The molecule has 1 aliphatic carbocycles. The molecule has 122 valence electrons. The van der Waals surface area contributed by atoms with Crippen LogP contribution in [0.5, 0.6) is 0 Å². The summed E-state index contributed by atoms with van der Waals surface area (Å²) >= 11 is 12.1. The van der Waals surface area contributed by atoms with Gasteiger partial charge in [-0.2, -0.15) is 5.26 Å². The maximum Gasteiger partial charge on any atom is 0.225 e. The Balaban J connectivity index is 1.71. The van der Waals surface area contributed by atoms with Gasteiger partial charge in [-0.05, 0) is 36.1 Å². The van der Waals surface area contributed by atoms with Crippen LogP contribution in [0.25, 0.3) is 0 Å². The van der Waals surface area contributed by atoms with E-state index in [-0.39, 0.29) is 28.6 Å². The maximum absolute atomic E-state index is 13.3. The first kappa shape index (κ1) is 16.8. The maximum atomic E-state index is 13.3. The molecule has 24 heavy (non-hydrogen) atoms. The lowest BCUT2D eigenvalue weighted by molar-refractivity contribution is -0.122. The predicted octanol–water partition coefficient (Wildman–Crippen LogP) is 4.62. The van der Waals surface area contributed by atoms with Gasteiger partial charge in [0, 0.05) is 11.5 Å². The van der Waals surface area contributed by atoms with Crippen molar-refractivity contribution < 1.29 is 9.18 Å². The average molecular weight is 363 g/mol. The Morgan fingerprint density at radius 2 is 2.04 bits per heavy atom. The smallest absolute Gasteiger partial charge is 0.225 e. The third-order valence-electron chi connectivity index (χ3n) is 4.11. The van der Waals surface area contributed by atoms with E-state index < -0.39 is 6.04 Å². The monoisotopic (exact) mass is 362 g/mol. The van der Waals surface area contributed by atoms with Gasteiger partial charge in [0.25, 0.3) is 0 Å². The number of nitrogens with zero attached hydrogens (tertiary/aromatic N) is 1. The predicted molar refractivity (Wildman–Crippen MR) is 90.2 cm³/mol. The molecule has 0 aliphatic heterocycles. The van der Waals surface area contributed by atoms with E-state index in [9.17, 15) is 14.4 Å². The molecular formula is C18H13Cl2FN2O. The van der Waals surface area contributed by atoms with Gasteiger partial charge in [-0.15, -0.1) is 0 Å². The van der Waals surface area contributed by atoms with Gasteiger partial charge in [0.05, 0.1) is 16.1 Å². The van der Waals surface area contributed by atoms with Crippen molar-refractivity contribution >= 4 is 29.1 Å². The molecule has 0 spiro atoms. The lowest BCUT2D eigenvalue weighted by atomic mass is 10.1. The van der Waals surface area contributed by atoms with Crippen LogP contribution >= 0.6 is 23.2 Å². The lowest BCUT2D eigenvalue weighted by Crippen LogP contribution is -2.29. The minimum atomic E-state index is -0.877. The highest BCUT2D eigenvalue weighted by atomic mass is 35.5. The van der Waals surface area contributed by atoms with E-state index in [4.69, 9.17) is 23.2 Å². The SMILES string of the molecule is N#CC(NC(=O)C1CC1c1cccc(F)c1)c1cccc(Cl)c1Cl. The normalized spacial score (nSPS) is 20.1. The average Bonchev–Trinajstić information content (AvgIpc) is 3.36. The van der Waals surface area contributed by atoms with Crippen LogP contribution in [0.4, 0.5) is 4.39 Å². The number of hydrogen-bond acceptors (Lipinski definition) is 2. The molecule has 0 radical (unpaired) electrons. The lowest BCUT2D eigenvalue weighted by Gasteiger charge is -2.14. The summed E-state index contributed by atoms with van der Waals surface area (Å²) in [5.74, 6) is -0.846. The van der Waals surface area contributed by atoms with Crippen LogP contribution in [-0.4, -0.2) is 5.91 Å². The first-order valence-corrected chi connectivity index (χ1v) is 8.16. The fraction of sp³-hybridized carbons (Fsp3) is 0.222. The molecule has 3 atom stereocenters. The fourth-order valence-corrected chi connectivity index (χ4v) is 3.18. The minimum Gasteiger partial charge on any atom is -0.336 e. The molecular weight excluding hydrogens is 350 g/mol. The van der Waals surface area contributed by atoms with Gasteiger partial charge in [-0.3, -0.25) is 4.79 Å². The Morgan fingerprint density at radius 3 is 2.75 bits per heavy atom. The van der Waals surface area contributed by atoms with Gasteiger partial charge in [-0.25, -0.2) is 4.39 Å². The van der Waals surface area contributed by atoms with Crippen LogP contribution in [0.15, 0.2) is 42.5 Å². The van der Waals surface area contributed by atoms with E-state index in [1.807, 2.05) is 6.07 Å². The van der Waals surface area contributed by atoms with Gasteiger partial charge in [0.2, 0.25) is 5.91 Å². The quantitative estimate of drug-likeness (QED) is 0.862. The first-order valence-electron chi connectivity index (χ1n) is 7.40. The zero-order chi connectivity index (χ0) is 17.3. The van der Waals surface area contributed by atoms with Crippen LogP contribution in [0.1, 0.15) is 29.5 Å². The molecule has 1 N–H and O–H groups in total. The van der Waals surface area contributed by atoms with Gasteiger partial charge in [-0.1, -0.05) is 47.5 Å². The van der Waals surface area contributed by atoms with Gasteiger partial charge in [0.15, 0.2) is 0 Å². The second kappa shape index (κ2) is 6.80. The summed E-state index contributed by atoms with van der Waals surface area (Å²) in [7, 11) is 0. The standard InChI is InChI=1S/C18H13Cl2FN2O/c19-15-6-2-5-12(17(15)20)16(9-22)23-18(24)14-8-13(14)10-3-1-4-11(21)7-10/h1-7,13-14,16H,8H2,(H,23,24). The highest BCUT2D eigenvalue weighted by molar-refractivity contribution is 6.42. The zero-order valence-electron chi connectivity index (χ0n) is 12.5. The van der Waals surface area contributed by atoms with Crippen LogP contribution in [-0.2, 0) is 4.79 Å². The van der Waals surface area contributed by atoms with Gasteiger partial charge >= 0.3 is 0 Å². The number of benzene rings is 2. The Labute approximate surface area is 149 Å². The molecule has 0 bridgehead atoms. The summed E-state index contributed by atoms with van der Waals surface area (Å²) in [5, 5.41) is 12.6. The zero-order valence-corrected chi connectivity index (χ0v) is 14.0. The Hall–Kier alpha value is -2.09. The van der Waals surface area contributed by atoms with Crippen molar-refractivity contribution in [3.8, 4) is 6.07 Å². The van der Waals surface area contributed by atoms with Crippen LogP contribution in [0.2, 0.25) is 10.0 Å². The van der Waals surface area contributed by atoms with Crippen LogP contribution in [0, 0.1) is 23.1 Å². The summed E-state index contributed by atoms with van der Waals surface area (Å²) in [6, 6.07) is 12.3. The minimum absolute atomic E-state index is 0.0186. The molecule has 6 heteroatoms. The summed E-state index contributed by atoms with van der Waals surface area (Å²) in [6.45, 7) is 0. The van der Waals surface area contributed by atoms with E-state index in [0.717, 1.165) is 5.56 Å². The molecule has 0 aromatic heterocycles. The van der Waals surface area contributed by atoms with Crippen LogP contribution in [0.3, 0.4) is 0 Å². The summed E-state index contributed by atoms with van der Waals surface area (Å²) < 4.78 is 13.3. The number of hydrogen-bond donors (Lipinski definition) is 1. The van der Waals surface area contributed by atoms with Gasteiger partial charge < -0.3 is 5.32 Å². The molecule has 2 aromatic carbocycles. The third kappa shape index (κ3) is 3.38. The molecule has 3 unspecified atom stereocenters. The van der Waals surface area contributed by atoms with Crippen molar-refractivity contribution in [2.75, 3.05) is 0 Å². The van der Waals surface area contributed by atoms with Crippen molar-refractivity contribution in [3.63, 3.8) is 0 Å². The highest BCUT2D eigenvalue weighted by Crippen LogP contribution is 2.48. The number of rotatable bonds is 4. The fourth-order valence-electron chi connectivity index (χ4n) is 2.76. The number of nitriles is 1. The number of carbonyl (C=O) groups excluding carboxylic acids is 1. The van der Waals surface area contributed by atoms with Gasteiger partial charge in [0.1, 0.15) is 11.9 Å². The van der Waals surface area contributed by atoms with E-state index in [1.54, 1.807) is 30.3 Å². The number of halogens is 3. The van der Waals surface area contributed by atoms with E-state index >= 15 is 0 Å². The molecule has 1 amide bonds. The Bertz CT molecular complexity index is 834. The van der Waals surface area contributed by atoms with Crippen molar-refractivity contribution in [2.24, 2.45) is 5.92 Å². The molecule has 1 fully saturated rings. The van der Waals surface area contributed by atoms with E-state index in [2.05, 4.69) is 5.32 Å². The molecule has 1 aliphatic rings. The largest absolute Gasteiger partial charge is 0.336 e. The number of carbonyl (C=O) groups is 1. The summed E-state index contributed by atoms with van der Waals surface area (Å²) in [4.78, 5) is 12.4. The van der Waals surface area contributed by atoms with Crippen molar-refractivity contribution in [1.82, 2.24) is 5.32 Å². The Morgan fingerprint density at radius 1 is 1.29 bits per heavy atom. The molecule has 2 aromatic rings. The molecule has 0 saturated heterocycles. The molecule has 3 rings (SSSR count).